The molecule has 0 atom stereocenters. The molecule has 3 rings (SSSR count). The molecular weight excluding hydrogens is 324 g/mol. The molecule has 0 aliphatic rings. The Labute approximate surface area is 154 Å². The molecule has 4 nitrogen and oxygen atoms in total. The minimum absolute atomic E-state index is 0.451. The minimum atomic E-state index is -0.523. The van der Waals surface area contributed by atoms with E-state index in [2.05, 4.69) is 24.4 Å². The van der Waals surface area contributed by atoms with Crippen molar-refractivity contribution in [1.82, 2.24) is 4.98 Å². The summed E-state index contributed by atoms with van der Waals surface area (Å²) in [5.41, 5.74) is 5.29. The number of carbonyl (C=O) groups excluding carboxylic acids is 1. The highest BCUT2D eigenvalue weighted by Crippen LogP contribution is 2.27. The van der Waals surface area contributed by atoms with E-state index in [0.29, 0.717) is 0 Å². The topological polar surface area (TPSA) is 51.2 Å². The van der Waals surface area contributed by atoms with Crippen molar-refractivity contribution in [1.29, 1.82) is 0 Å². The number of ether oxygens (including phenoxy) is 1. The van der Waals surface area contributed by atoms with Gasteiger partial charge in [-0.05, 0) is 70.0 Å². The predicted molar refractivity (Wildman–Crippen MR) is 107 cm³/mol. The number of hydrogen-bond acceptors (Lipinski definition) is 3. The zero-order chi connectivity index (χ0) is 18.9. The van der Waals surface area contributed by atoms with Gasteiger partial charge in [0.25, 0.3) is 0 Å². The number of amides is 1. The summed E-state index contributed by atoms with van der Waals surface area (Å²) in [4.78, 5) is 16.8. The molecule has 1 heterocycles. The van der Waals surface area contributed by atoms with Gasteiger partial charge in [-0.15, -0.1) is 0 Å². The van der Waals surface area contributed by atoms with Crippen LogP contribution in [0.4, 0.5) is 10.5 Å². The first kappa shape index (κ1) is 17.9. The summed E-state index contributed by atoms with van der Waals surface area (Å²) in [5, 5.41) is 3.97. The highest BCUT2D eigenvalue weighted by atomic mass is 16.6. The van der Waals surface area contributed by atoms with Gasteiger partial charge in [0, 0.05) is 16.6 Å². The van der Waals surface area contributed by atoms with E-state index in [-0.39, 0.29) is 0 Å². The van der Waals surface area contributed by atoms with Gasteiger partial charge in [0.05, 0.1) is 11.2 Å². The molecule has 134 valence electrons. The highest BCUT2D eigenvalue weighted by molar-refractivity contribution is 5.88. The number of anilines is 1. The Hall–Kier alpha value is -2.88. The fourth-order valence-corrected chi connectivity index (χ4v) is 2.87. The highest BCUT2D eigenvalue weighted by Gasteiger charge is 2.17. The number of nitrogens with zero attached hydrogens (tertiary/aromatic N) is 1. The molecule has 0 unspecified atom stereocenters. The van der Waals surface area contributed by atoms with Crippen LogP contribution in [-0.4, -0.2) is 16.7 Å². The molecule has 1 aromatic heterocycles. The van der Waals surface area contributed by atoms with E-state index in [1.165, 1.54) is 5.56 Å². The number of aryl methyl sites for hydroxylation is 2. The van der Waals surface area contributed by atoms with Crippen molar-refractivity contribution in [2.45, 2.75) is 40.2 Å². The van der Waals surface area contributed by atoms with Crippen molar-refractivity contribution in [2.75, 3.05) is 5.32 Å². The Bertz CT molecular complexity index is 972. The van der Waals surface area contributed by atoms with E-state index >= 15 is 0 Å². The number of para-hydroxylation sites is 1. The van der Waals surface area contributed by atoms with Crippen LogP contribution < -0.4 is 5.32 Å². The van der Waals surface area contributed by atoms with E-state index in [1.807, 2.05) is 64.1 Å². The average molecular weight is 348 g/mol. The number of carbonyl (C=O) groups is 1. The predicted octanol–water partition coefficient (Wildman–Crippen LogP) is 5.87. The maximum atomic E-state index is 12.0. The van der Waals surface area contributed by atoms with E-state index in [0.717, 1.165) is 33.4 Å². The van der Waals surface area contributed by atoms with Crippen molar-refractivity contribution in [3.05, 3.63) is 59.7 Å². The molecule has 1 amide bonds. The zero-order valence-electron chi connectivity index (χ0n) is 15.9. The number of fused-ring (bicyclic) bond motifs is 1. The van der Waals surface area contributed by atoms with Crippen molar-refractivity contribution >= 4 is 22.7 Å². The van der Waals surface area contributed by atoms with Crippen LogP contribution in [0.5, 0.6) is 0 Å². The average Bonchev–Trinajstić information content (AvgIpc) is 2.55. The van der Waals surface area contributed by atoms with Gasteiger partial charge in [0.15, 0.2) is 0 Å². The van der Waals surface area contributed by atoms with Crippen molar-refractivity contribution in [2.24, 2.45) is 0 Å². The molecule has 26 heavy (non-hydrogen) atoms. The van der Waals surface area contributed by atoms with Crippen molar-refractivity contribution in [3.63, 3.8) is 0 Å². The molecule has 0 bridgehead atoms. The quantitative estimate of drug-likeness (QED) is 0.630. The second kappa shape index (κ2) is 6.79. The number of pyridine rings is 1. The molecule has 3 aromatic rings. The lowest BCUT2D eigenvalue weighted by molar-refractivity contribution is 0.0636. The van der Waals surface area contributed by atoms with Gasteiger partial charge in [-0.2, -0.15) is 0 Å². The molecule has 0 aliphatic heterocycles. The summed E-state index contributed by atoms with van der Waals surface area (Å²) in [6, 6.07) is 16.1. The first-order valence-corrected chi connectivity index (χ1v) is 8.70. The van der Waals surface area contributed by atoms with Crippen LogP contribution in [0.1, 0.15) is 31.9 Å². The zero-order valence-corrected chi connectivity index (χ0v) is 15.9. The molecule has 0 saturated carbocycles. The Kier molecular flexibility index (Phi) is 4.68. The molecule has 0 spiro atoms. The fraction of sp³-hybridized carbons (Fsp3) is 0.273. The van der Waals surface area contributed by atoms with Gasteiger partial charge in [-0.3, -0.25) is 5.32 Å². The summed E-state index contributed by atoms with van der Waals surface area (Å²) >= 11 is 0. The Balaban J connectivity index is 1.89. The molecule has 4 heteroatoms. The third kappa shape index (κ3) is 4.02. The summed E-state index contributed by atoms with van der Waals surface area (Å²) in [6.07, 6.45) is -0.451. The third-order valence-electron chi connectivity index (χ3n) is 4.08. The molecular formula is C22H24N2O2. The van der Waals surface area contributed by atoms with Crippen LogP contribution in [0.25, 0.3) is 22.2 Å². The third-order valence-corrected chi connectivity index (χ3v) is 4.08. The number of hydrogen-bond donors (Lipinski definition) is 1. The lowest BCUT2D eigenvalue weighted by Crippen LogP contribution is -2.27. The Morgan fingerprint density at radius 2 is 1.73 bits per heavy atom. The molecule has 0 fully saturated rings. The monoisotopic (exact) mass is 348 g/mol. The molecule has 0 saturated heterocycles. The summed E-state index contributed by atoms with van der Waals surface area (Å²) in [5.74, 6) is 0. The minimum Gasteiger partial charge on any atom is -0.444 e. The largest absolute Gasteiger partial charge is 0.444 e. The van der Waals surface area contributed by atoms with Crippen LogP contribution >= 0.6 is 0 Å². The van der Waals surface area contributed by atoms with Gasteiger partial charge in [0.2, 0.25) is 0 Å². The SMILES string of the molecule is Cc1cc(-c2cc(C)c3ccccc3n2)ccc1NC(=O)OC(C)(C)C. The van der Waals surface area contributed by atoms with Crippen molar-refractivity contribution in [3.8, 4) is 11.3 Å². The van der Waals surface area contributed by atoms with Gasteiger partial charge < -0.3 is 4.74 Å². The maximum absolute atomic E-state index is 12.0. The number of rotatable bonds is 2. The van der Waals surface area contributed by atoms with Gasteiger partial charge in [0.1, 0.15) is 5.60 Å². The standard InChI is InChI=1S/C22H24N2O2/c1-14-13-20(23-19-9-7-6-8-17(14)19)16-10-11-18(15(2)12-16)24-21(25)26-22(3,4)5/h6-13H,1-5H3,(H,24,25). The van der Waals surface area contributed by atoms with E-state index < -0.39 is 11.7 Å². The van der Waals surface area contributed by atoms with Gasteiger partial charge in [-0.1, -0.05) is 24.3 Å². The molecule has 0 aliphatic carbocycles. The second-order valence-corrected chi connectivity index (χ2v) is 7.50. The first-order valence-electron chi connectivity index (χ1n) is 8.70. The summed E-state index contributed by atoms with van der Waals surface area (Å²) < 4.78 is 5.31. The van der Waals surface area contributed by atoms with E-state index in [9.17, 15) is 4.79 Å². The molecule has 1 N–H and O–H groups in total. The molecule has 2 aromatic carbocycles. The summed E-state index contributed by atoms with van der Waals surface area (Å²) in [7, 11) is 0. The Morgan fingerprint density at radius 3 is 2.42 bits per heavy atom. The molecule has 0 radical (unpaired) electrons. The number of nitrogens with one attached hydrogen (secondary N) is 1. The number of aromatic nitrogens is 1. The first-order chi connectivity index (χ1) is 12.2. The van der Waals surface area contributed by atoms with Crippen LogP contribution in [-0.2, 0) is 4.74 Å². The summed E-state index contributed by atoms with van der Waals surface area (Å²) in [6.45, 7) is 9.59. The van der Waals surface area contributed by atoms with Crippen LogP contribution in [0.3, 0.4) is 0 Å². The number of benzene rings is 2. The van der Waals surface area contributed by atoms with Gasteiger partial charge >= 0.3 is 6.09 Å². The van der Waals surface area contributed by atoms with E-state index in [4.69, 9.17) is 9.72 Å². The van der Waals surface area contributed by atoms with Crippen LogP contribution in [0, 0.1) is 13.8 Å². The normalized spacial score (nSPS) is 11.4. The van der Waals surface area contributed by atoms with Crippen LogP contribution in [0.2, 0.25) is 0 Å². The Morgan fingerprint density at radius 1 is 1.00 bits per heavy atom. The lowest BCUT2D eigenvalue weighted by Gasteiger charge is -2.20. The van der Waals surface area contributed by atoms with E-state index in [1.54, 1.807) is 0 Å². The maximum Gasteiger partial charge on any atom is 0.412 e. The lowest BCUT2D eigenvalue weighted by atomic mass is 10.0. The second-order valence-electron chi connectivity index (χ2n) is 7.50. The van der Waals surface area contributed by atoms with Crippen molar-refractivity contribution < 1.29 is 9.53 Å². The van der Waals surface area contributed by atoms with Crippen LogP contribution in [0.15, 0.2) is 48.5 Å². The van der Waals surface area contributed by atoms with Gasteiger partial charge in [-0.25, -0.2) is 9.78 Å². The smallest absolute Gasteiger partial charge is 0.412 e. The fourth-order valence-electron chi connectivity index (χ4n) is 2.87.